The zero-order valence-corrected chi connectivity index (χ0v) is 17.9. The van der Waals surface area contributed by atoms with Gasteiger partial charge in [0.25, 0.3) is 0 Å². The number of benzene rings is 1. The lowest BCUT2D eigenvalue weighted by Gasteiger charge is -2.25. The molecule has 0 radical (unpaired) electrons. The summed E-state index contributed by atoms with van der Waals surface area (Å²) < 4.78 is 40.2. The van der Waals surface area contributed by atoms with Crippen LogP contribution < -0.4 is 0 Å². The molecule has 4 rings (SSSR count). The highest BCUT2D eigenvalue weighted by atomic mass is 32.2. The number of carbonyl (C=O) groups excluding carboxylic acids is 1. The monoisotopic (exact) mass is 435 g/mol. The van der Waals surface area contributed by atoms with Gasteiger partial charge in [-0.15, -0.1) is 11.3 Å². The summed E-state index contributed by atoms with van der Waals surface area (Å²) in [4.78, 5) is 19.4. The van der Waals surface area contributed by atoms with Crippen molar-refractivity contribution in [1.29, 1.82) is 0 Å². The van der Waals surface area contributed by atoms with Crippen molar-refractivity contribution in [2.45, 2.75) is 31.1 Å². The summed E-state index contributed by atoms with van der Waals surface area (Å²) in [5.41, 5.74) is 2.77. The summed E-state index contributed by atoms with van der Waals surface area (Å²) in [5.74, 6) is -0.694. The fraction of sp³-hybridized carbons (Fsp3) is 0.400. The van der Waals surface area contributed by atoms with E-state index in [0.717, 1.165) is 34.0 Å². The van der Waals surface area contributed by atoms with Crippen LogP contribution >= 0.6 is 11.3 Å². The molecule has 2 aliphatic heterocycles. The highest BCUT2D eigenvalue weighted by Gasteiger charge is 2.39. The number of hydrogen-bond acceptors (Lipinski definition) is 5. The number of carbonyl (C=O) groups is 1. The Balaban J connectivity index is 1.43. The largest absolute Gasteiger partial charge is 0.334 e. The number of aryl methyl sites for hydroxylation is 1. The molecule has 1 atom stereocenters. The van der Waals surface area contributed by atoms with Crippen molar-refractivity contribution in [2.75, 3.05) is 26.2 Å². The van der Waals surface area contributed by atoms with Crippen LogP contribution in [0.4, 0.5) is 4.39 Å². The summed E-state index contributed by atoms with van der Waals surface area (Å²) in [7, 11) is -3.68. The molecule has 1 aromatic heterocycles. The van der Waals surface area contributed by atoms with Crippen molar-refractivity contribution in [1.82, 2.24) is 14.2 Å². The number of thiazole rings is 1. The highest BCUT2D eigenvalue weighted by molar-refractivity contribution is 7.89. The molecule has 0 saturated heterocycles. The fourth-order valence-electron chi connectivity index (χ4n) is 3.90. The van der Waals surface area contributed by atoms with E-state index in [1.807, 2.05) is 19.2 Å². The predicted octanol–water partition coefficient (Wildman–Crippen LogP) is 2.93. The topological polar surface area (TPSA) is 70.6 Å². The molecule has 29 heavy (non-hydrogen) atoms. The van der Waals surface area contributed by atoms with E-state index in [-0.39, 0.29) is 29.8 Å². The predicted molar refractivity (Wildman–Crippen MR) is 109 cm³/mol. The smallest absolute Gasteiger partial charge is 0.243 e. The van der Waals surface area contributed by atoms with Crippen molar-refractivity contribution in [2.24, 2.45) is 0 Å². The molecule has 0 saturated carbocycles. The number of amides is 1. The van der Waals surface area contributed by atoms with Gasteiger partial charge in [0.05, 0.1) is 21.5 Å². The van der Waals surface area contributed by atoms with E-state index in [2.05, 4.69) is 4.98 Å². The van der Waals surface area contributed by atoms with Crippen LogP contribution in [0.2, 0.25) is 0 Å². The van der Waals surface area contributed by atoms with Crippen LogP contribution in [0.25, 0.3) is 0 Å². The Labute approximate surface area is 173 Å². The Morgan fingerprint density at radius 2 is 1.79 bits per heavy atom. The van der Waals surface area contributed by atoms with E-state index in [1.54, 1.807) is 4.90 Å². The lowest BCUT2D eigenvalue weighted by atomic mass is 10.0. The first-order valence-corrected chi connectivity index (χ1v) is 11.8. The first-order chi connectivity index (χ1) is 13.8. The summed E-state index contributed by atoms with van der Waals surface area (Å²) in [6.07, 6.45) is 0.675. The minimum absolute atomic E-state index is 0.0418. The molecule has 0 fully saturated rings. The van der Waals surface area contributed by atoms with Gasteiger partial charge in [-0.2, -0.15) is 4.31 Å². The zero-order valence-electron chi connectivity index (χ0n) is 16.3. The maximum atomic E-state index is 13.1. The molecule has 0 bridgehead atoms. The second-order valence-electron chi connectivity index (χ2n) is 7.38. The third-order valence-corrected chi connectivity index (χ3v) is 8.06. The average Bonchev–Trinajstić information content (AvgIpc) is 3.37. The zero-order chi connectivity index (χ0) is 20.8. The van der Waals surface area contributed by atoms with Gasteiger partial charge in [-0.25, -0.2) is 17.8 Å². The van der Waals surface area contributed by atoms with Gasteiger partial charge < -0.3 is 4.90 Å². The maximum Gasteiger partial charge on any atom is 0.243 e. The summed E-state index contributed by atoms with van der Waals surface area (Å²) in [6, 6.07) is 4.86. The highest BCUT2D eigenvalue weighted by Crippen LogP contribution is 2.32. The van der Waals surface area contributed by atoms with Gasteiger partial charge in [-0.3, -0.25) is 4.79 Å². The van der Waals surface area contributed by atoms with Gasteiger partial charge in [0.1, 0.15) is 5.82 Å². The molecule has 1 amide bonds. The van der Waals surface area contributed by atoms with Crippen LogP contribution in [0, 0.1) is 12.7 Å². The third kappa shape index (κ3) is 3.74. The van der Waals surface area contributed by atoms with Crippen LogP contribution in [0.15, 0.2) is 45.7 Å². The van der Waals surface area contributed by atoms with E-state index in [0.29, 0.717) is 19.5 Å². The van der Waals surface area contributed by atoms with E-state index in [4.69, 9.17) is 0 Å². The molecule has 3 heterocycles. The molecular formula is C20H22FN3O3S2. The molecule has 1 aromatic carbocycles. The second kappa shape index (κ2) is 7.62. The average molecular weight is 436 g/mol. The summed E-state index contributed by atoms with van der Waals surface area (Å²) >= 11 is 1.54. The van der Waals surface area contributed by atoms with Crippen molar-refractivity contribution >= 4 is 27.3 Å². The first kappa shape index (κ1) is 20.2. The van der Waals surface area contributed by atoms with Gasteiger partial charge >= 0.3 is 0 Å². The fourth-order valence-corrected chi connectivity index (χ4v) is 5.99. The van der Waals surface area contributed by atoms with Gasteiger partial charge in [0, 0.05) is 31.6 Å². The van der Waals surface area contributed by atoms with E-state index in [9.17, 15) is 17.6 Å². The van der Waals surface area contributed by atoms with Crippen molar-refractivity contribution in [3.8, 4) is 0 Å². The Hall–Kier alpha value is -2.10. The normalized spacial score (nSPS) is 18.4. The second-order valence-corrected chi connectivity index (χ2v) is 10.4. The van der Waals surface area contributed by atoms with Crippen LogP contribution in [0.3, 0.4) is 0 Å². The van der Waals surface area contributed by atoms with Gasteiger partial charge in [0.2, 0.25) is 15.9 Å². The van der Waals surface area contributed by atoms with Crippen LogP contribution in [0.1, 0.15) is 30.0 Å². The van der Waals surface area contributed by atoms with Gasteiger partial charge in [-0.05, 0) is 48.8 Å². The maximum absolute atomic E-state index is 13.1. The Morgan fingerprint density at radius 3 is 2.31 bits per heavy atom. The molecule has 2 aromatic rings. The number of rotatable bonds is 5. The van der Waals surface area contributed by atoms with Gasteiger partial charge in [0.15, 0.2) is 0 Å². The number of hydrogen-bond donors (Lipinski definition) is 0. The minimum Gasteiger partial charge on any atom is -0.334 e. The number of aromatic nitrogens is 1. The lowest BCUT2D eigenvalue weighted by molar-refractivity contribution is -0.131. The molecule has 0 unspecified atom stereocenters. The first-order valence-electron chi connectivity index (χ1n) is 9.46. The minimum atomic E-state index is -3.68. The molecule has 0 aliphatic carbocycles. The SMILES string of the molecule is CC[C@H](C(=O)N1CC2=C(C1)CN(S(=O)(=O)c1ccc(F)cc1)C2)c1csc(C)n1. The summed E-state index contributed by atoms with van der Waals surface area (Å²) in [6.45, 7) is 5.34. The number of sulfonamides is 1. The molecule has 0 N–H and O–H groups in total. The number of nitrogens with zero attached hydrogens (tertiary/aromatic N) is 3. The molecule has 0 spiro atoms. The van der Waals surface area contributed by atoms with Crippen molar-refractivity contribution in [3.63, 3.8) is 0 Å². The lowest BCUT2D eigenvalue weighted by Crippen LogP contribution is -2.38. The van der Waals surface area contributed by atoms with E-state index < -0.39 is 15.8 Å². The van der Waals surface area contributed by atoms with E-state index in [1.165, 1.54) is 27.8 Å². The van der Waals surface area contributed by atoms with Crippen molar-refractivity contribution in [3.05, 3.63) is 57.3 Å². The molecule has 154 valence electrons. The molecule has 2 aliphatic rings. The van der Waals surface area contributed by atoms with E-state index >= 15 is 0 Å². The van der Waals surface area contributed by atoms with Crippen molar-refractivity contribution < 1.29 is 17.6 Å². The Morgan fingerprint density at radius 1 is 1.17 bits per heavy atom. The molecular weight excluding hydrogens is 413 g/mol. The van der Waals surface area contributed by atoms with Crippen LogP contribution in [0.5, 0.6) is 0 Å². The number of halogens is 1. The van der Waals surface area contributed by atoms with Gasteiger partial charge in [-0.1, -0.05) is 6.92 Å². The molecule has 6 nitrogen and oxygen atoms in total. The standard InChI is InChI=1S/C20H22FN3O3S2/c1-3-18(19-12-28-13(2)22-19)20(25)23-8-14-10-24(11-15(14)9-23)29(26,27)17-6-4-16(21)5-7-17/h4-7,12,18H,3,8-11H2,1-2H3/t18-/m0/s1. The summed E-state index contributed by atoms with van der Waals surface area (Å²) in [5, 5.41) is 2.88. The van der Waals surface area contributed by atoms with Crippen LogP contribution in [-0.4, -0.2) is 54.7 Å². The Kier molecular flexibility index (Phi) is 5.30. The molecule has 9 heteroatoms. The quantitative estimate of drug-likeness (QED) is 0.677. The van der Waals surface area contributed by atoms with Crippen LogP contribution in [-0.2, 0) is 14.8 Å². The Bertz CT molecular complexity index is 1060. The third-order valence-electron chi connectivity index (χ3n) is 5.46.